The van der Waals surface area contributed by atoms with E-state index in [1.165, 1.54) is 42.0 Å². The maximum atomic E-state index is 15.0. The van der Waals surface area contributed by atoms with Gasteiger partial charge in [0.25, 0.3) is 23.6 Å². The Labute approximate surface area is 455 Å². The van der Waals surface area contributed by atoms with E-state index in [0.29, 0.717) is 23.3 Å². The van der Waals surface area contributed by atoms with Crippen molar-refractivity contribution in [2.45, 2.75) is 169 Å². The van der Waals surface area contributed by atoms with Crippen molar-refractivity contribution < 1.29 is 62.0 Å². The van der Waals surface area contributed by atoms with Crippen molar-refractivity contribution in [2.24, 2.45) is 23.7 Å². The van der Waals surface area contributed by atoms with E-state index in [1.54, 1.807) is 73.1 Å². The molecule has 2 heterocycles. The fourth-order valence-electron chi connectivity index (χ4n) is 9.00. The number of carbonyl (C=O) groups excluding carboxylic acids is 8. The number of cyclic esters (lactones) is 4. The summed E-state index contributed by atoms with van der Waals surface area (Å²) in [7, 11) is 5.56. The number of esters is 4. The number of ether oxygens (including phenoxy) is 5. The van der Waals surface area contributed by atoms with Gasteiger partial charge >= 0.3 is 23.9 Å². The summed E-state index contributed by atoms with van der Waals surface area (Å²) < 4.78 is 30.0. The third-order valence-electron chi connectivity index (χ3n) is 13.5. The van der Waals surface area contributed by atoms with Gasteiger partial charge in [0, 0.05) is 59.0 Å². The van der Waals surface area contributed by atoms with Crippen LogP contribution in [-0.4, -0.2) is 149 Å². The molecule has 18 heteroatoms. The van der Waals surface area contributed by atoms with Gasteiger partial charge in [-0.1, -0.05) is 104 Å². The molecule has 1 saturated heterocycles. The summed E-state index contributed by atoms with van der Waals surface area (Å²) in [5, 5.41) is 0. The minimum atomic E-state index is -1.55. The van der Waals surface area contributed by atoms with Crippen LogP contribution in [-0.2, 0) is 76.8 Å². The first kappa shape index (κ1) is 62.7. The molecule has 77 heavy (non-hydrogen) atoms. The Morgan fingerprint density at radius 3 is 1.27 bits per heavy atom. The molecule has 0 unspecified atom stereocenters. The van der Waals surface area contributed by atoms with Gasteiger partial charge in [-0.2, -0.15) is 0 Å². The number of pyridine rings is 1. The number of aromatic nitrogens is 1. The molecule has 4 rings (SSSR count). The quantitative estimate of drug-likeness (QED) is 0.104. The van der Waals surface area contributed by atoms with Crippen molar-refractivity contribution in [3.63, 3.8) is 0 Å². The van der Waals surface area contributed by atoms with E-state index in [9.17, 15) is 38.4 Å². The third-order valence-corrected chi connectivity index (χ3v) is 13.5. The normalized spacial score (nSPS) is 23.6. The maximum absolute atomic E-state index is 15.0. The van der Waals surface area contributed by atoms with Gasteiger partial charge in [0.05, 0.1) is 0 Å². The van der Waals surface area contributed by atoms with E-state index in [-0.39, 0.29) is 68.8 Å². The van der Waals surface area contributed by atoms with E-state index in [2.05, 4.69) is 4.98 Å². The molecule has 2 aromatic carbocycles. The summed E-state index contributed by atoms with van der Waals surface area (Å²) in [6, 6.07) is 14.3. The molecule has 0 bridgehead atoms. The number of rotatable bonds is 16. The molecule has 1 aliphatic rings. The molecule has 422 valence electrons. The molecule has 0 spiro atoms. The lowest BCUT2D eigenvalue weighted by Crippen LogP contribution is -2.54. The number of benzene rings is 2. The van der Waals surface area contributed by atoms with Crippen LogP contribution < -0.4 is 4.74 Å². The van der Waals surface area contributed by atoms with Crippen LogP contribution in [0.2, 0.25) is 0 Å². The molecule has 0 N–H and O–H groups in total. The summed E-state index contributed by atoms with van der Waals surface area (Å²) in [5.41, 5.74) is 2.07. The lowest BCUT2D eigenvalue weighted by atomic mass is 10.00. The van der Waals surface area contributed by atoms with Gasteiger partial charge in [-0.15, -0.1) is 0 Å². The molecule has 0 saturated carbocycles. The van der Waals surface area contributed by atoms with Crippen LogP contribution in [0.1, 0.15) is 118 Å². The first-order valence-corrected chi connectivity index (χ1v) is 26.8. The number of amides is 4. The molecule has 4 amide bonds. The van der Waals surface area contributed by atoms with Crippen LogP contribution in [0.5, 0.6) is 5.75 Å². The molecular weight excluding hydrogens is 987 g/mol. The second kappa shape index (κ2) is 29.6. The lowest BCUT2D eigenvalue weighted by Gasteiger charge is -2.35. The average molecular weight is 1070 g/mol. The zero-order valence-electron chi connectivity index (χ0n) is 47.6. The van der Waals surface area contributed by atoms with E-state index >= 15 is 0 Å². The van der Waals surface area contributed by atoms with Crippen molar-refractivity contribution in [1.82, 2.24) is 24.6 Å². The highest BCUT2D eigenvalue weighted by atomic mass is 16.6. The second-order valence-corrected chi connectivity index (χ2v) is 21.9. The Kier molecular flexibility index (Phi) is 24.1. The van der Waals surface area contributed by atoms with Crippen molar-refractivity contribution in [2.75, 3.05) is 28.2 Å². The van der Waals surface area contributed by atoms with Gasteiger partial charge in [-0.3, -0.25) is 24.2 Å². The Morgan fingerprint density at radius 2 is 0.857 bits per heavy atom. The number of carbonyl (C=O) groups is 8. The van der Waals surface area contributed by atoms with Crippen LogP contribution in [0.25, 0.3) is 0 Å². The smallest absolute Gasteiger partial charge is 0.329 e. The summed E-state index contributed by atoms with van der Waals surface area (Å²) in [6.07, 6.45) is -2.04. The van der Waals surface area contributed by atoms with Crippen LogP contribution in [0.4, 0.5) is 0 Å². The molecule has 1 aliphatic heterocycles. The Balaban J connectivity index is 1.85. The van der Waals surface area contributed by atoms with Crippen molar-refractivity contribution in [3.8, 4) is 5.75 Å². The largest absolute Gasteiger partial charge is 0.489 e. The van der Waals surface area contributed by atoms with Gasteiger partial charge < -0.3 is 43.3 Å². The molecule has 8 atom stereocenters. The van der Waals surface area contributed by atoms with E-state index < -0.39 is 96.1 Å². The minimum Gasteiger partial charge on any atom is -0.489 e. The second-order valence-electron chi connectivity index (χ2n) is 21.9. The van der Waals surface area contributed by atoms with Gasteiger partial charge in [0.15, 0.2) is 24.4 Å². The summed E-state index contributed by atoms with van der Waals surface area (Å²) >= 11 is 0. The first-order chi connectivity index (χ1) is 36.3. The van der Waals surface area contributed by atoms with Gasteiger partial charge in [-0.05, 0) is 98.9 Å². The number of hydrogen-bond acceptors (Lipinski definition) is 14. The van der Waals surface area contributed by atoms with Gasteiger partial charge in [-0.25, -0.2) is 19.2 Å². The standard InChI is InChI=1S/C59H83N5O13/c1-36(2)22-27-46-56(69)76-51(33-43-23-25-45(26-24-43)73-35-44-21-18-28-60-34-44)55(68)64(14)48(30-38(5)6)58(71)75-41(10)53(66)62(12)49(31-39(7)8)59(72)77-50(32-42-19-16-15-17-20-42)54(67)63(13)47(29-37(3)4)57(70)74-40(9)52(65)61(46)11/h15-21,23-26,28,34,36-41,46-51H,22,27,29-33,35H2,1-14H3/t40-,41-,46+,47+,48+,49+,50-,51-/m1/s1. The predicted molar refractivity (Wildman–Crippen MR) is 288 cm³/mol. The van der Waals surface area contributed by atoms with Gasteiger partial charge in [0.2, 0.25) is 0 Å². The van der Waals surface area contributed by atoms with Crippen LogP contribution in [0.3, 0.4) is 0 Å². The summed E-state index contributed by atoms with van der Waals surface area (Å²) in [6.45, 7) is 18.0. The van der Waals surface area contributed by atoms with Crippen LogP contribution in [0.15, 0.2) is 79.1 Å². The highest BCUT2D eigenvalue weighted by Crippen LogP contribution is 2.25. The van der Waals surface area contributed by atoms with E-state index in [0.717, 1.165) is 25.2 Å². The molecule has 0 aliphatic carbocycles. The zero-order valence-corrected chi connectivity index (χ0v) is 47.6. The van der Waals surface area contributed by atoms with E-state index in [4.69, 9.17) is 23.7 Å². The highest BCUT2D eigenvalue weighted by molar-refractivity contribution is 5.94. The Morgan fingerprint density at radius 1 is 0.468 bits per heavy atom. The van der Waals surface area contributed by atoms with Crippen molar-refractivity contribution in [1.29, 1.82) is 0 Å². The fourth-order valence-corrected chi connectivity index (χ4v) is 9.00. The number of likely N-dealkylation sites (N-methyl/N-ethyl adjacent to an activating group) is 4. The highest BCUT2D eigenvalue weighted by Gasteiger charge is 2.43. The lowest BCUT2D eigenvalue weighted by molar-refractivity contribution is -0.176. The van der Waals surface area contributed by atoms with Crippen LogP contribution >= 0.6 is 0 Å². The molecule has 3 aromatic rings. The van der Waals surface area contributed by atoms with Gasteiger partial charge in [0.1, 0.15) is 36.5 Å². The average Bonchev–Trinajstić information content (AvgIpc) is 3.38. The van der Waals surface area contributed by atoms with E-state index in [1.807, 2.05) is 61.5 Å². The molecule has 1 aromatic heterocycles. The molecule has 1 fully saturated rings. The SMILES string of the molecule is CC(C)CC[C@H]1C(=O)O[C@H](Cc2ccc(OCc3cccnc3)cc2)C(=O)N(C)[C@@H](CC(C)C)C(=O)O[C@H](C)C(=O)N(C)[C@@H](CC(C)C)C(=O)O[C@H](Cc2ccccc2)C(=O)N(C)[C@@H](CC(C)C)C(=O)O[C@H](C)C(=O)N1C. The fraction of sp³-hybridized carbons (Fsp3) is 0.576. The number of hydrogen-bond donors (Lipinski definition) is 0. The summed E-state index contributed by atoms with van der Waals surface area (Å²) in [4.78, 5) is 125. The number of nitrogens with zero attached hydrogens (tertiary/aromatic N) is 5. The first-order valence-electron chi connectivity index (χ1n) is 26.8. The maximum Gasteiger partial charge on any atom is 0.329 e. The van der Waals surface area contributed by atoms with Crippen molar-refractivity contribution in [3.05, 3.63) is 95.8 Å². The Bertz CT molecular complexity index is 2430. The van der Waals surface area contributed by atoms with Crippen molar-refractivity contribution >= 4 is 47.5 Å². The minimum absolute atomic E-state index is 0.0691. The molecule has 0 radical (unpaired) electrons. The zero-order chi connectivity index (χ0) is 57.3. The molecule has 18 nitrogen and oxygen atoms in total. The Hall–Kier alpha value is -6.85. The third kappa shape index (κ3) is 18.7. The summed E-state index contributed by atoms with van der Waals surface area (Å²) in [5.74, 6) is -6.58. The topological polar surface area (TPSA) is 209 Å². The van der Waals surface area contributed by atoms with Crippen LogP contribution in [0, 0.1) is 23.7 Å². The monoisotopic (exact) mass is 1070 g/mol. The molecular formula is C59H83N5O13. The predicted octanol–water partition coefficient (Wildman–Crippen LogP) is 7.03.